The summed E-state index contributed by atoms with van der Waals surface area (Å²) in [6.45, 7) is 9.24. The van der Waals surface area contributed by atoms with Crippen molar-refractivity contribution in [3.05, 3.63) is 63.5 Å². The molecule has 1 fully saturated rings. The quantitative estimate of drug-likeness (QED) is 0.505. The van der Waals surface area contributed by atoms with E-state index in [9.17, 15) is 5.11 Å². The van der Waals surface area contributed by atoms with Crippen LogP contribution in [0.3, 0.4) is 0 Å². The lowest BCUT2D eigenvalue weighted by atomic mass is 9.92. The van der Waals surface area contributed by atoms with Crippen LogP contribution in [0.5, 0.6) is 0 Å². The topological polar surface area (TPSA) is 57.8 Å². The summed E-state index contributed by atoms with van der Waals surface area (Å²) in [6.07, 6.45) is 9.41. The van der Waals surface area contributed by atoms with Gasteiger partial charge in [-0.2, -0.15) is 0 Å². The van der Waals surface area contributed by atoms with Gasteiger partial charge in [-0.3, -0.25) is 9.98 Å². The van der Waals surface area contributed by atoms with E-state index >= 15 is 0 Å². The van der Waals surface area contributed by atoms with Gasteiger partial charge in [0.2, 0.25) is 0 Å². The van der Waals surface area contributed by atoms with E-state index in [1.165, 1.54) is 53.6 Å². The molecule has 4 rings (SSSR count). The summed E-state index contributed by atoms with van der Waals surface area (Å²) in [4.78, 5) is 14.8. The number of aliphatic hydroxyl groups is 1. The predicted octanol–water partition coefficient (Wildman–Crippen LogP) is 6.13. The van der Waals surface area contributed by atoms with Crippen LogP contribution in [-0.4, -0.2) is 34.3 Å². The number of aromatic nitrogens is 1. The van der Waals surface area contributed by atoms with Gasteiger partial charge < -0.3 is 5.11 Å². The first kappa shape index (κ1) is 23.8. The fraction of sp³-hybridized carbons (Fsp3) is 0.552. The molecule has 1 aromatic carbocycles. The van der Waals surface area contributed by atoms with Gasteiger partial charge in [-0.1, -0.05) is 33.6 Å². The monoisotopic (exact) mass is 445 g/mol. The Balaban J connectivity index is 1.60. The third-order valence-electron chi connectivity index (χ3n) is 7.39. The van der Waals surface area contributed by atoms with Gasteiger partial charge in [0.15, 0.2) is 5.84 Å². The number of amidine groups is 1. The third-order valence-corrected chi connectivity index (χ3v) is 7.39. The van der Waals surface area contributed by atoms with E-state index in [-0.39, 0.29) is 6.10 Å². The molecule has 0 amide bonds. The number of hydrogen-bond acceptors (Lipinski definition) is 4. The van der Waals surface area contributed by atoms with Crippen molar-refractivity contribution in [3.8, 4) is 0 Å². The SMILES string of the molecule is CCc1cc(C2=NC(c3cc(C)c(CCC(O)CC)c(CC)c3)=NC2)cc(C2CCCC2)n1. The molecule has 0 bridgehead atoms. The minimum absolute atomic E-state index is 0.220. The lowest BCUT2D eigenvalue weighted by Gasteiger charge is -2.15. The zero-order chi connectivity index (χ0) is 23.4. The number of aliphatic hydroxyl groups excluding tert-OH is 1. The first-order valence-corrected chi connectivity index (χ1v) is 13.0. The van der Waals surface area contributed by atoms with Gasteiger partial charge in [0.25, 0.3) is 0 Å². The van der Waals surface area contributed by atoms with E-state index in [1.807, 2.05) is 6.92 Å². The molecule has 1 aromatic heterocycles. The van der Waals surface area contributed by atoms with E-state index in [0.29, 0.717) is 12.5 Å². The average Bonchev–Trinajstić information content (AvgIpc) is 3.55. The summed E-state index contributed by atoms with van der Waals surface area (Å²) in [5.41, 5.74) is 9.78. The number of nitrogens with zero attached hydrogens (tertiary/aromatic N) is 3. The van der Waals surface area contributed by atoms with Crippen LogP contribution in [0.25, 0.3) is 0 Å². The molecule has 4 nitrogen and oxygen atoms in total. The van der Waals surface area contributed by atoms with Crippen LogP contribution in [0.15, 0.2) is 34.3 Å². The van der Waals surface area contributed by atoms with Crippen molar-refractivity contribution in [2.45, 2.75) is 97.5 Å². The fourth-order valence-electron chi connectivity index (χ4n) is 5.26. The van der Waals surface area contributed by atoms with E-state index in [1.54, 1.807) is 0 Å². The maximum absolute atomic E-state index is 10.0. The maximum Gasteiger partial charge on any atom is 0.155 e. The van der Waals surface area contributed by atoms with Crippen LogP contribution in [0.4, 0.5) is 0 Å². The van der Waals surface area contributed by atoms with Crippen molar-refractivity contribution < 1.29 is 5.11 Å². The normalized spacial score (nSPS) is 17.4. The van der Waals surface area contributed by atoms with Crippen LogP contribution < -0.4 is 0 Å². The van der Waals surface area contributed by atoms with E-state index in [2.05, 4.69) is 45.0 Å². The molecule has 2 aromatic rings. The molecule has 1 saturated carbocycles. The number of pyridine rings is 1. The van der Waals surface area contributed by atoms with Gasteiger partial charge in [0.1, 0.15) is 0 Å². The molecule has 176 valence electrons. The highest BCUT2D eigenvalue weighted by molar-refractivity contribution is 6.17. The summed E-state index contributed by atoms with van der Waals surface area (Å²) in [5, 5.41) is 10.0. The smallest absolute Gasteiger partial charge is 0.155 e. The maximum atomic E-state index is 10.0. The lowest BCUT2D eigenvalue weighted by molar-refractivity contribution is 0.160. The first-order valence-electron chi connectivity index (χ1n) is 13.0. The molecule has 1 aliphatic carbocycles. The second kappa shape index (κ2) is 10.7. The largest absolute Gasteiger partial charge is 0.393 e. The van der Waals surface area contributed by atoms with Crippen molar-refractivity contribution in [2.24, 2.45) is 9.98 Å². The number of aliphatic imine (C=N–C) groups is 2. The molecule has 1 unspecified atom stereocenters. The second-order valence-corrected chi connectivity index (χ2v) is 9.69. The molecule has 2 aliphatic rings. The highest BCUT2D eigenvalue weighted by Crippen LogP contribution is 2.34. The summed E-state index contributed by atoms with van der Waals surface area (Å²) in [7, 11) is 0. The predicted molar refractivity (Wildman–Crippen MR) is 138 cm³/mol. The summed E-state index contributed by atoms with van der Waals surface area (Å²) >= 11 is 0. The van der Waals surface area contributed by atoms with Crippen LogP contribution >= 0.6 is 0 Å². The van der Waals surface area contributed by atoms with E-state index in [4.69, 9.17) is 15.0 Å². The van der Waals surface area contributed by atoms with Crippen molar-refractivity contribution in [3.63, 3.8) is 0 Å². The van der Waals surface area contributed by atoms with Gasteiger partial charge in [0, 0.05) is 28.4 Å². The van der Waals surface area contributed by atoms with Gasteiger partial charge >= 0.3 is 0 Å². The number of aryl methyl sites for hydroxylation is 3. The molecule has 2 heterocycles. The Morgan fingerprint density at radius 2 is 1.79 bits per heavy atom. The summed E-state index contributed by atoms with van der Waals surface area (Å²) < 4.78 is 0. The Morgan fingerprint density at radius 1 is 1.00 bits per heavy atom. The minimum atomic E-state index is -0.220. The van der Waals surface area contributed by atoms with Crippen LogP contribution in [-0.2, 0) is 19.3 Å². The Hall–Kier alpha value is -2.33. The van der Waals surface area contributed by atoms with Crippen molar-refractivity contribution in [2.75, 3.05) is 6.54 Å². The van der Waals surface area contributed by atoms with E-state index < -0.39 is 0 Å². The zero-order valence-electron chi connectivity index (χ0n) is 20.8. The molecular formula is C29H39N3O. The second-order valence-electron chi connectivity index (χ2n) is 9.69. The standard InChI is InChI=1S/C29H39N3O/c1-5-20-15-23(14-19(4)26(20)13-12-25(33)7-3)29-30-18-28(32-29)22-16-24(6-2)31-27(17-22)21-10-8-9-11-21/h14-17,21,25,33H,5-13,18H2,1-4H3. The number of rotatable bonds is 9. The molecule has 33 heavy (non-hydrogen) atoms. The van der Waals surface area contributed by atoms with Gasteiger partial charge in [-0.15, -0.1) is 0 Å². The van der Waals surface area contributed by atoms with Crippen LogP contribution in [0, 0.1) is 6.92 Å². The molecule has 1 aliphatic heterocycles. The summed E-state index contributed by atoms with van der Waals surface area (Å²) in [6, 6.07) is 8.98. The highest BCUT2D eigenvalue weighted by Gasteiger charge is 2.22. The Kier molecular flexibility index (Phi) is 7.75. The zero-order valence-corrected chi connectivity index (χ0v) is 20.8. The van der Waals surface area contributed by atoms with Crippen molar-refractivity contribution >= 4 is 11.5 Å². The van der Waals surface area contributed by atoms with Crippen molar-refractivity contribution in [1.82, 2.24) is 4.98 Å². The molecule has 4 heteroatoms. The molecule has 0 spiro atoms. The fourth-order valence-corrected chi connectivity index (χ4v) is 5.26. The first-order chi connectivity index (χ1) is 16.0. The lowest BCUT2D eigenvalue weighted by Crippen LogP contribution is -2.09. The van der Waals surface area contributed by atoms with Gasteiger partial charge in [0.05, 0.1) is 18.4 Å². The van der Waals surface area contributed by atoms with Crippen molar-refractivity contribution in [1.29, 1.82) is 0 Å². The Labute approximate surface area is 199 Å². The van der Waals surface area contributed by atoms with E-state index in [0.717, 1.165) is 54.9 Å². The highest BCUT2D eigenvalue weighted by atomic mass is 16.3. The van der Waals surface area contributed by atoms with Crippen LogP contribution in [0.1, 0.15) is 104 Å². The molecule has 0 saturated heterocycles. The van der Waals surface area contributed by atoms with Gasteiger partial charge in [-0.05, 0) is 92.8 Å². The van der Waals surface area contributed by atoms with Gasteiger partial charge in [-0.25, -0.2) is 4.99 Å². The molecular weight excluding hydrogens is 406 g/mol. The molecule has 1 N–H and O–H groups in total. The molecule has 0 radical (unpaired) electrons. The van der Waals surface area contributed by atoms with Crippen LogP contribution in [0.2, 0.25) is 0 Å². The number of hydrogen-bond donors (Lipinski definition) is 1. The minimum Gasteiger partial charge on any atom is -0.393 e. The average molecular weight is 446 g/mol. The Bertz CT molecular complexity index is 1050. The third kappa shape index (κ3) is 5.43. The Morgan fingerprint density at radius 3 is 2.48 bits per heavy atom. The summed E-state index contributed by atoms with van der Waals surface area (Å²) in [5.74, 6) is 1.45. The molecule has 1 atom stereocenters. The number of benzene rings is 1.